The third-order valence-corrected chi connectivity index (χ3v) is 3.69. The average Bonchev–Trinajstić information content (AvgIpc) is 2.77. The van der Waals surface area contributed by atoms with E-state index in [9.17, 15) is 10.2 Å². The molecule has 19 heavy (non-hydrogen) atoms. The minimum absolute atomic E-state index is 0.0674. The summed E-state index contributed by atoms with van der Waals surface area (Å²) in [5, 5.41) is 21.6. The summed E-state index contributed by atoms with van der Waals surface area (Å²) < 4.78 is 0. The van der Waals surface area contributed by atoms with Crippen molar-refractivity contribution in [2.45, 2.75) is 25.6 Å². The van der Waals surface area contributed by atoms with Crippen LogP contribution in [0.2, 0.25) is 0 Å². The quantitative estimate of drug-likeness (QED) is 0.860. The molecule has 1 fully saturated rings. The molecule has 2 heterocycles. The lowest BCUT2D eigenvalue weighted by atomic mass is 10.1. The van der Waals surface area contributed by atoms with E-state index in [4.69, 9.17) is 0 Å². The summed E-state index contributed by atoms with van der Waals surface area (Å²) in [6.45, 7) is 3.16. The van der Waals surface area contributed by atoms with Gasteiger partial charge in [0.2, 0.25) is 0 Å². The molecule has 0 saturated carbocycles. The second kappa shape index (κ2) is 4.47. The molecule has 2 aromatic rings. The van der Waals surface area contributed by atoms with Crippen molar-refractivity contribution < 1.29 is 10.2 Å². The Bertz CT molecular complexity index is 610. The third-order valence-electron chi connectivity index (χ3n) is 3.69. The predicted molar refractivity (Wildman–Crippen MR) is 75.1 cm³/mol. The van der Waals surface area contributed by atoms with Gasteiger partial charge in [0.05, 0.1) is 17.9 Å². The summed E-state index contributed by atoms with van der Waals surface area (Å²) in [7, 11) is 0. The van der Waals surface area contributed by atoms with Gasteiger partial charge in [-0.1, -0.05) is 24.3 Å². The van der Waals surface area contributed by atoms with E-state index in [0.29, 0.717) is 12.2 Å². The molecule has 1 aliphatic rings. The standard InChI is InChI=1S/C15H18N2O2/c1-15(19)6-7-17(10-15)14-13-5-3-2-4-11(13)8-12(9-18)16-14/h2-5,8,18-19H,6-7,9-10H2,1H3. The van der Waals surface area contributed by atoms with Crippen molar-refractivity contribution in [3.8, 4) is 0 Å². The van der Waals surface area contributed by atoms with Crippen LogP contribution in [0.25, 0.3) is 10.8 Å². The lowest BCUT2D eigenvalue weighted by Crippen LogP contribution is -2.30. The molecular formula is C15H18N2O2. The van der Waals surface area contributed by atoms with E-state index in [1.807, 2.05) is 37.3 Å². The van der Waals surface area contributed by atoms with E-state index in [2.05, 4.69) is 9.88 Å². The largest absolute Gasteiger partial charge is 0.390 e. The van der Waals surface area contributed by atoms with Crippen molar-refractivity contribution in [1.29, 1.82) is 0 Å². The first kappa shape index (κ1) is 12.4. The highest BCUT2D eigenvalue weighted by Gasteiger charge is 2.32. The number of hydrogen-bond donors (Lipinski definition) is 2. The molecule has 1 unspecified atom stereocenters. The number of benzene rings is 1. The van der Waals surface area contributed by atoms with Gasteiger partial charge in [-0.25, -0.2) is 4.98 Å². The van der Waals surface area contributed by atoms with Crippen molar-refractivity contribution in [3.05, 3.63) is 36.0 Å². The Hall–Kier alpha value is -1.65. The Morgan fingerprint density at radius 2 is 2.16 bits per heavy atom. The van der Waals surface area contributed by atoms with Crippen molar-refractivity contribution in [1.82, 2.24) is 4.98 Å². The van der Waals surface area contributed by atoms with Gasteiger partial charge in [0.15, 0.2) is 0 Å². The molecule has 2 N–H and O–H groups in total. The zero-order valence-electron chi connectivity index (χ0n) is 11.0. The highest BCUT2D eigenvalue weighted by atomic mass is 16.3. The van der Waals surface area contributed by atoms with Gasteiger partial charge >= 0.3 is 0 Å². The van der Waals surface area contributed by atoms with E-state index >= 15 is 0 Å². The minimum atomic E-state index is -0.655. The molecule has 0 aliphatic carbocycles. The summed E-state index contributed by atoms with van der Waals surface area (Å²) >= 11 is 0. The molecule has 0 amide bonds. The van der Waals surface area contributed by atoms with Crippen LogP contribution in [0, 0.1) is 0 Å². The van der Waals surface area contributed by atoms with Gasteiger partial charge in [-0.3, -0.25) is 0 Å². The Morgan fingerprint density at radius 3 is 2.84 bits per heavy atom. The number of aliphatic hydroxyl groups excluding tert-OH is 1. The fourth-order valence-corrected chi connectivity index (χ4v) is 2.68. The Morgan fingerprint density at radius 1 is 1.37 bits per heavy atom. The van der Waals surface area contributed by atoms with Gasteiger partial charge in [-0.2, -0.15) is 0 Å². The topological polar surface area (TPSA) is 56.6 Å². The molecule has 1 aromatic carbocycles. The number of fused-ring (bicyclic) bond motifs is 1. The summed E-state index contributed by atoms with van der Waals surface area (Å²) in [5.74, 6) is 0.861. The lowest BCUT2D eigenvalue weighted by Gasteiger charge is -2.22. The number of β-amino-alcohol motifs (C(OH)–C–C–N with tert-alkyl or cyclic N) is 1. The molecule has 100 valence electrons. The smallest absolute Gasteiger partial charge is 0.136 e. The Balaban J connectivity index is 2.11. The Kier molecular flexibility index (Phi) is 2.92. The number of anilines is 1. The van der Waals surface area contributed by atoms with Gasteiger partial charge in [0.25, 0.3) is 0 Å². The zero-order valence-corrected chi connectivity index (χ0v) is 11.0. The van der Waals surface area contributed by atoms with Gasteiger partial charge in [-0.15, -0.1) is 0 Å². The molecule has 3 rings (SSSR count). The first-order valence-corrected chi connectivity index (χ1v) is 6.56. The maximum Gasteiger partial charge on any atom is 0.136 e. The van der Waals surface area contributed by atoms with Crippen LogP contribution < -0.4 is 4.90 Å². The maximum atomic E-state index is 10.1. The van der Waals surface area contributed by atoms with E-state index < -0.39 is 5.60 Å². The molecule has 4 nitrogen and oxygen atoms in total. The molecular weight excluding hydrogens is 240 g/mol. The summed E-state index contributed by atoms with van der Waals surface area (Å²) in [6.07, 6.45) is 0.742. The number of nitrogens with zero attached hydrogens (tertiary/aromatic N) is 2. The second-order valence-corrected chi connectivity index (χ2v) is 5.48. The van der Waals surface area contributed by atoms with E-state index in [1.165, 1.54) is 0 Å². The van der Waals surface area contributed by atoms with Crippen LogP contribution in [0.4, 0.5) is 5.82 Å². The number of aliphatic hydroxyl groups is 2. The molecule has 1 atom stereocenters. The SMILES string of the molecule is CC1(O)CCN(c2nc(CO)cc3ccccc23)C1. The molecule has 1 saturated heterocycles. The molecule has 4 heteroatoms. The fraction of sp³-hybridized carbons (Fsp3) is 0.400. The van der Waals surface area contributed by atoms with Crippen LogP contribution in [-0.4, -0.2) is 33.9 Å². The second-order valence-electron chi connectivity index (χ2n) is 5.48. The average molecular weight is 258 g/mol. The fourth-order valence-electron chi connectivity index (χ4n) is 2.68. The zero-order chi connectivity index (χ0) is 13.5. The van der Waals surface area contributed by atoms with Crippen LogP contribution in [0.3, 0.4) is 0 Å². The minimum Gasteiger partial charge on any atom is -0.390 e. The molecule has 0 radical (unpaired) electrons. The lowest BCUT2D eigenvalue weighted by molar-refractivity contribution is 0.0839. The van der Waals surface area contributed by atoms with E-state index in [1.54, 1.807) is 0 Å². The molecule has 1 aliphatic heterocycles. The number of pyridine rings is 1. The Labute approximate surface area is 112 Å². The van der Waals surface area contributed by atoms with E-state index in [-0.39, 0.29) is 6.61 Å². The normalized spacial score (nSPS) is 23.2. The van der Waals surface area contributed by atoms with Crippen LogP contribution in [0.1, 0.15) is 19.0 Å². The molecule has 0 spiro atoms. The first-order chi connectivity index (χ1) is 9.09. The maximum absolute atomic E-state index is 10.1. The van der Waals surface area contributed by atoms with Gasteiger partial charge in [-0.05, 0) is 24.8 Å². The third kappa shape index (κ3) is 2.29. The number of hydrogen-bond acceptors (Lipinski definition) is 4. The monoisotopic (exact) mass is 258 g/mol. The summed E-state index contributed by atoms with van der Waals surface area (Å²) in [5.41, 5.74) is 0.0121. The highest BCUT2D eigenvalue weighted by molar-refractivity contribution is 5.92. The van der Waals surface area contributed by atoms with Crippen LogP contribution >= 0.6 is 0 Å². The first-order valence-electron chi connectivity index (χ1n) is 6.56. The number of aromatic nitrogens is 1. The summed E-state index contributed by atoms with van der Waals surface area (Å²) in [4.78, 5) is 6.63. The van der Waals surface area contributed by atoms with Crippen LogP contribution in [-0.2, 0) is 6.61 Å². The van der Waals surface area contributed by atoms with Crippen LogP contribution in [0.15, 0.2) is 30.3 Å². The van der Waals surface area contributed by atoms with Crippen molar-refractivity contribution in [3.63, 3.8) is 0 Å². The highest BCUT2D eigenvalue weighted by Crippen LogP contribution is 2.31. The molecule has 0 bridgehead atoms. The van der Waals surface area contributed by atoms with Crippen molar-refractivity contribution >= 4 is 16.6 Å². The summed E-state index contributed by atoms with van der Waals surface area (Å²) in [6, 6.07) is 9.93. The van der Waals surface area contributed by atoms with Crippen LogP contribution in [0.5, 0.6) is 0 Å². The van der Waals surface area contributed by atoms with Gasteiger partial charge in [0, 0.05) is 18.5 Å². The predicted octanol–water partition coefficient (Wildman–Crippen LogP) is 1.69. The van der Waals surface area contributed by atoms with Crippen molar-refractivity contribution in [2.75, 3.05) is 18.0 Å². The molecule has 1 aromatic heterocycles. The van der Waals surface area contributed by atoms with Crippen molar-refractivity contribution in [2.24, 2.45) is 0 Å². The van der Waals surface area contributed by atoms with E-state index in [0.717, 1.165) is 29.6 Å². The van der Waals surface area contributed by atoms with Gasteiger partial charge in [0.1, 0.15) is 5.82 Å². The number of rotatable bonds is 2. The van der Waals surface area contributed by atoms with Gasteiger partial charge < -0.3 is 15.1 Å².